The second kappa shape index (κ2) is 8.76. The first-order valence-electron chi connectivity index (χ1n) is 10.0. The van der Waals surface area contributed by atoms with Crippen molar-refractivity contribution >= 4 is 0 Å². The van der Waals surface area contributed by atoms with Gasteiger partial charge in [0, 0.05) is 0 Å². The molecule has 2 aliphatic rings. The fourth-order valence-electron chi connectivity index (χ4n) is 4.91. The zero-order valence-corrected chi connectivity index (χ0v) is 14.9. The standard InChI is InChI=1S/C22H34O/c1-2-6-18-9-13-20(14-10-18)21-15-11-19(12-16-21)17-23-22-7-4-3-5-8-22/h3-5,7-8,18-21H,2,6,9-17H2,1H3/t18-,19?,20-,21?. The van der Waals surface area contributed by atoms with Gasteiger partial charge >= 0.3 is 0 Å². The maximum atomic E-state index is 5.97. The molecule has 0 radical (unpaired) electrons. The summed E-state index contributed by atoms with van der Waals surface area (Å²) in [7, 11) is 0. The van der Waals surface area contributed by atoms with Crippen molar-refractivity contribution in [3.05, 3.63) is 30.3 Å². The van der Waals surface area contributed by atoms with Crippen molar-refractivity contribution in [2.45, 2.75) is 71.1 Å². The van der Waals surface area contributed by atoms with Crippen LogP contribution in [0.3, 0.4) is 0 Å². The van der Waals surface area contributed by atoms with E-state index in [-0.39, 0.29) is 0 Å². The van der Waals surface area contributed by atoms with Gasteiger partial charge in [-0.2, -0.15) is 0 Å². The Morgan fingerprint density at radius 2 is 1.35 bits per heavy atom. The second-order valence-corrected chi connectivity index (χ2v) is 7.97. The molecule has 0 N–H and O–H groups in total. The van der Waals surface area contributed by atoms with E-state index in [1.165, 1.54) is 64.2 Å². The molecule has 2 fully saturated rings. The fourth-order valence-corrected chi connectivity index (χ4v) is 4.91. The van der Waals surface area contributed by atoms with Gasteiger partial charge in [0.25, 0.3) is 0 Å². The van der Waals surface area contributed by atoms with Gasteiger partial charge in [0.15, 0.2) is 0 Å². The second-order valence-electron chi connectivity index (χ2n) is 7.97. The Kier molecular flexibility index (Phi) is 6.42. The SMILES string of the molecule is CCC[C@H]1CC[C@H](C2CCC(COc3ccccc3)CC2)CC1. The highest BCUT2D eigenvalue weighted by atomic mass is 16.5. The maximum Gasteiger partial charge on any atom is 0.119 e. The molecule has 1 aromatic rings. The first kappa shape index (κ1) is 16.9. The minimum atomic E-state index is 0.780. The van der Waals surface area contributed by atoms with Gasteiger partial charge in [-0.15, -0.1) is 0 Å². The molecule has 0 saturated heterocycles. The van der Waals surface area contributed by atoms with Crippen LogP contribution < -0.4 is 4.74 Å². The highest BCUT2D eigenvalue weighted by Crippen LogP contribution is 2.42. The molecule has 1 aromatic carbocycles. The van der Waals surface area contributed by atoms with Crippen LogP contribution in [0.15, 0.2) is 30.3 Å². The molecule has 0 amide bonds. The highest BCUT2D eigenvalue weighted by Gasteiger charge is 2.30. The van der Waals surface area contributed by atoms with E-state index >= 15 is 0 Å². The van der Waals surface area contributed by atoms with Crippen molar-refractivity contribution in [3.8, 4) is 5.75 Å². The molecule has 3 rings (SSSR count). The van der Waals surface area contributed by atoms with Gasteiger partial charge in [-0.05, 0) is 74.3 Å². The lowest BCUT2D eigenvalue weighted by Gasteiger charge is -2.37. The van der Waals surface area contributed by atoms with Crippen LogP contribution in [0.25, 0.3) is 0 Å². The van der Waals surface area contributed by atoms with Crippen molar-refractivity contribution in [1.29, 1.82) is 0 Å². The van der Waals surface area contributed by atoms with Crippen LogP contribution in [0.5, 0.6) is 5.75 Å². The van der Waals surface area contributed by atoms with Crippen molar-refractivity contribution in [3.63, 3.8) is 0 Å². The van der Waals surface area contributed by atoms with Gasteiger partial charge < -0.3 is 4.74 Å². The molecule has 1 heteroatoms. The first-order chi connectivity index (χ1) is 11.3. The summed E-state index contributed by atoms with van der Waals surface area (Å²) in [5, 5.41) is 0. The third-order valence-electron chi connectivity index (χ3n) is 6.38. The minimum Gasteiger partial charge on any atom is -0.493 e. The molecule has 128 valence electrons. The summed E-state index contributed by atoms with van der Waals surface area (Å²) in [6.45, 7) is 3.25. The summed E-state index contributed by atoms with van der Waals surface area (Å²) in [6, 6.07) is 10.3. The van der Waals surface area contributed by atoms with E-state index in [1.807, 2.05) is 6.07 Å². The predicted octanol–water partition coefficient (Wildman–Crippen LogP) is 6.48. The number of hydrogen-bond acceptors (Lipinski definition) is 1. The van der Waals surface area contributed by atoms with Crippen LogP contribution in [0, 0.1) is 23.7 Å². The van der Waals surface area contributed by atoms with Crippen LogP contribution in [0.4, 0.5) is 0 Å². The van der Waals surface area contributed by atoms with E-state index < -0.39 is 0 Å². The van der Waals surface area contributed by atoms with E-state index in [0.29, 0.717) is 0 Å². The molecule has 2 aliphatic carbocycles. The topological polar surface area (TPSA) is 9.23 Å². The Balaban J connectivity index is 1.36. The number of ether oxygens (including phenoxy) is 1. The number of rotatable bonds is 6. The summed E-state index contributed by atoms with van der Waals surface area (Å²) >= 11 is 0. The summed E-state index contributed by atoms with van der Waals surface area (Å²) in [4.78, 5) is 0. The molecule has 1 nitrogen and oxygen atoms in total. The molecule has 2 saturated carbocycles. The summed E-state index contributed by atoms with van der Waals surface area (Å²) in [5.74, 6) is 4.92. The lowest BCUT2D eigenvalue weighted by Crippen LogP contribution is -2.27. The van der Waals surface area contributed by atoms with Crippen LogP contribution in [0.1, 0.15) is 71.1 Å². The average molecular weight is 315 g/mol. The third-order valence-corrected chi connectivity index (χ3v) is 6.38. The summed E-state index contributed by atoms with van der Waals surface area (Å²) in [6.07, 6.45) is 14.6. The highest BCUT2D eigenvalue weighted by molar-refractivity contribution is 5.20. The molecule has 0 unspecified atom stereocenters. The Bertz CT molecular complexity index is 425. The first-order valence-corrected chi connectivity index (χ1v) is 10.0. The summed E-state index contributed by atoms with van der Waals surface area (Å²) in [5.41, 5.74) is 0. The monoisotopic (exact) mass is 314 g/mol. The maximum absolute atomic E-state index is 5.97. The van der Waals surface area contributed by atoms with Crippen LogP contribution in [-0.4, -0.2) is 6.61 Å². The Hall–Kier alpha value is -0.980. The lowest BCUT2D eigenvalue weighted by atomic mass is 9.69. The lowest BCUT2D eigenvalue weighted by molar-refractivity contribution is 0.122. The van der Waals surface area contributed by atoms with E-state index in [0.717, 1.165) is 36.0 Å². The smallest absolute Gasteiger partial charge is 0.119 e. The van der Waals surface area contributed by atoms with Crippen molar-refractivity contribution < 1.29 is 4.74 Å². The molecule has 0 heterocycles. The molecule has 0 bridgehead atoms. The van der Waals surface area contributed by atoms with E-state index in [9.17, 15) is 0 Å². The van der Waals surface area contributed by atoms with Gasteiger partial charge in [-0.1, -0.05) is 50.8 Å². The number of benzene rings is 1. The van der Waals surface area contributed by atoms with Gasteiger partial charge in [0.05, 0.1) is 6.61 Å². The Labute approximate surface area is 142 Å². The van der Waals surface area contributed by atoms with Gasteiger partial charge in [-0.25, -0.2) is 0 Å². The number of hydrogen-bond donors (Lipinski definition) is 0. The minimum absolute atomic E-state index is 0.780. The van der Waals surface area contributed by atoms with Crippen LogP contribution >= 0.6 is 0 Å². The van der Waals surface area contributed by atoms with Crippen LogP contribution in [0.2, 0.25) is 0 Å². The summed E-state index contributed by atoms with van der Waals surface area (Å²) < 4.78 is 5.97. The van der Waals surface area contributed by atoms with Gasteiger partial charge in [-0.3, -0.25) is 0 Å². The zero-order valence-electron chi connectivity index (χ0n) is 14.9. The van der Waals surface area contributed by atoms with E-state index in [1.54, 1.807) is 0 Å². The third kappa shape index (κ3) is 4.99. The number of para-hydroxylation sites is 1. The molecular formula is C22H34O. The van der Waals surface area contributed by atoms with E-state index in [4.69, 9.17) is 4.74 Å². The normalized spacial score (nSPS) is 31.7. The van der Waals surface area contributed by atoms with Gasteiger partial charge in [0.1, 0.15) is 5.75 Å². The quantitative estimate of drug-likeness (QED) is 0.584. The molecule has 23 heavy (non-hydrogen) atoms. The fraction of sp³-hybridized carbons (Fsp3) is 0.727. The molecule has 0 spiro atoms. The Morgan fingerprint density at radius 1 is 0.783 bits per heavy atom. The molecule has 0 aliphatic heterocycles. The predicted molar refractivity (Wildman–Crippen MR) is 97.7 cm³/mol. The zero-order chi connectivity index (χ0) is 15.9. The largest absolute Gasteiger partial charge is 0.493 e. The average Bonchev–Trinajstić information content (AvgIpc) is 2.62. The van der Waals surface area contributed by atoms with Crippen LogP contribution in [-0.2, 0) is 0 Å². The van der Waals surface area contributed by atoms with Gasteiger partial charge in [0.2, 0.25) is 0 Å². The Morgan fingerprint density at radius 3 is 1.91 bits per heavy atom. The van der Waals surface area contributed by atoms with Crippen molar-refractivity contribution in [1.82, 2.24) is 0 Å². The molecule has 0 atom stereocenters. The molecular weight excluding hydrogens is 280 g/mol. The van der Waals surface area contributed by atoms with E-state index in [2.05, 4.69) is 31.2 Å². The molecule has 0 aromatic heterocycles. The van der Waals surface area contributed by atoms with Crippen molar-refractivity contribution in [2.24, 2.45) is 23.7 Å². The van der Waals surface area contributed by atoms with Crippen molar-refractivity contribution in [2.75, 3.05) is 6.61 Å².